The summed E-state index contributed by atoms with van der Waals surface area (Å²) in [5.74, 6) is -1.63. The van der Waals surface area contributed by atoms with E-state index in [0.29, 0.717) is 25.9 Å². The number of ether oxygens (including phenoxy) is 4. The fraction of sp³-hybridized carbons (Fsp3) is 0.860. The van der Waals surface area contributed by atoms with Crippen LogP contribution in [0.1, 0.15) is 219 Å². The number of hydrogen-bond acceptors (Lipinski definition) is 12. The Balaban J connectivity index is 5.33. The van der Waals surface area contributed by atoms with Crippen LogP contribution in [0.4, 0.5) is 0 Å². The molecule has 0 aliphatic rings. The minimum absolute atomic E-state index is 0.141. The van der Waals surface area contributed by atoms with Gasteiger partial charge in [-0.3, -0.25) is 19.2 Å². The third kappa shape index (κ3) is 48.6. The molecule has 0 aromatic heterocycles. The molecule has 0 amide bonds. The SMILES string of the molecule is CCCCCCCC/C=C\CCCCCCCC(=O)OCC(COC(=O)CCCCCCC/C=C\CCCCCCCC)(COC(=O)CCNCCCN(C)C)COC(=O)CCNCCCN(C)C. The molecule has 0 spiro atoms. The largest absolute Gasteiger partial charge is 0.465 e. The highest BCUT2D eigenvalue weighted by molar-refractivity contribution is 5.71. The molecule has 0 radical (unpaired) electrons. The first-order chi connectivity index (χ1) is 33.5. The van der Waals surface area contributed by atoms with Crippen LogP contribution in [-0.2, 0) is 38.1 Å². The number of nitrogens with zero attached hydrogens (tertiary/aromatic N) is 2. The van der Waals surface area contributed by atoms with Crippen molar-refractivity contribution in [2.45, 2.75) is 219 Å². The fourth-order valence-corrected chi connectivity index (χ4v) is 7.82. The van der Waals surface area contributed by atoms with E-state index in [1.54, 1.807) is 0 Å². The summed E-state index contributed by atoms with van der Waals surface area (Å²) in [4.78, 5) is 56.6. The smallest absolute Gasteiger partial charge is 0.307 e. The Hall–Kier alpha value is -2.80. The average molecular weight is 978 g/mol. The summed E-state index contributed by atoms with van der Waals surface area (Å²) in [6.45, 7) is 7.93. The predicted octanol–water partition coefficient (Wildman–Crippen LogP) is 12.1. The molecule has 0 atom stereocenters. The number of nitrogens with one attached hydrogen (secondary N) is 2. The first-order valence-corrected chi connectivity index (χ1v) is 28.2. The van der Waals surface area contributed by atoms with Gasteiger partial charge in [-0.05, 0) is 131 Å². The number of rotatable bonds is 52. The first kappa shape index (κ1) is 66.2. The van der Waals surface area contributed by atoms with Gasteiger partial charge in [0, 0.05) is 25.9 Å². The fourth-order valence-electron chi connectivity index (χ4n) is 7.82. The number of carbonyl (C=O) groups is 4. The Morgan fingerprint density at radius 2 is 0.638 bits per heavy atom. The van der Waals surface area contributed by atoms with Gasteiger partial charge in [0.2, 0.25) is 0 Å². The van der Waals surface area contributed by atoms with E-state index in [9.17, 15) is 19.2 Å². The lowest BCUT2D eigenvalue weighted by molar-refractivity contribution is -0.170. The average Bonchev–Trinajstić information content (AvgIpc) is 3.33. The van der Waals surface area contributed by atoms with Gasteiger partial charge < -0.3 is 39.4 Å². The third-order valence-corrected chi connectivity index (χ3v) is 12.4. The number of esters is 4. The maximum atomic E-state index is 13.2. The highest BCUT2D eigenvalue weighted by atomic mass is 16.6. The molecule has 12 nitrogen and oxygen atoms in total. The molecule has 0 heterocycles. The van der Waals surface area contributed by atoms with Crippen LogP contribution in [0, 0.1) is 5.41 Å². The Morgan fingerprint density at radius 1 is 0.362 bits per heavy atom. The molecule has 0 aromatic rings. The van der Waals surface area contributed by atoms with Gasteiger partial charge in [-0.2, -0.15) is 0 Å². The standard InChI is InChI=1S/C57H108N4O8/c1-7-9-11-13-15-17-19-21-23-25-27-29-31-33-35-39-53(62)66-49-57(51-68-55(64)41-45-58-43-37-47-60(3)4,52-69-56(65)42-46-59-44-38-48-61(5)6)50-67-54(63)40-36-34-32-30-28-26-24-22-20-18-16-14-12-10-8-2/h21-24,58-59H,7-20,25-52H2,1-6H3/b23-21-,24-22-. The van der Waals surface area contributed by atoms with Gasteiger partial charge in [-0.25, -0.2) is 0 Å². The van der Waals surface area contributed by atoms with Gasteiger partial charge in [-0.1, -0.05) is 141 Å². The van der Waals surface area contributed by atoms with Crippen LogP contribution >= 0.6 is 0 Å². The molecule has 404 valence electrons. The van der Waals surface area contributed by atoms with Gasteiger partial charge in [0.15, 0.2) is 0 Å². The van der Waals surface area contributed by atoms with E-state index < -0.39 is 17.4 Å². The minimum Gasteiger partial charge on any atom is -0.465 e. The lowest BCUT2D eigenvalue weighted by Gasteiger charge is -2.31. The molecule has 69 heavy (non-hydrogen) atoms. The van der Waals surface area contributed by atoms with Crippen LogP contribution < -0.4 is 10.6 Å². The summed E-state index contributed by atoms with van der Waals surface area (Å²) < 4.78 is 23.3. The predicted molar refractivity (Wildman–Crippen MR) is 286 cm³/mol. The molecule has 0 saturated heterocycles. The van der Waals surface area contributed by atoms with E-state index in [1.807, 2.05) is 28.2 Å². The van der Waals surface area contributed by atoms with E-state index >= 15 is 0 Å². The summed E-state index contributed by atoms with van der Waals surface area (Å²) in [5, 5.41) is 6.57. The minimum atomic E-state index is -1.26. The third-order valence-electron chi connectivity index (χ3n) is 12.4. The van der Waals surface area contributed by atoms with Gasteiger partial charge >= 0.3 is 23.9 Å². The Labute approximate surface area is 424 Å². The number of unbranched alkanes of at least 4 members (excludes halogenated alkanes) is 22. The molecule has 0 fully saturated rings. The van der Waals surface area contributed by atoms with Gasteiger partial charge in [-0.15, -0.1) is 0 Å². The van der Waals surface area contributed by atoms with Crippen molar-refractivity contribution in [2.24, 2.45) is 5.41 Å². The molecular formula is C57H108N4O8. The van der Waals surface area contributed by atoms with E-state index in [4.69, 9.17) is 18.9 Å². The van der Waals surface area contributed by atoms with Crippen LogP contribution in [0.2, 0.25) is 0 Å². The summed E-state index contributed by atoms with van der Waals surface area (Å²) in [6.07, 6.45) is 42.3. The molecule has 0 aromatic carbocycles. The van der Waals surface area contributed by atoms with Gasteiger partial charge in [0.25, 0.3) is 0 Å². The van der Waals surface area contributed by atoms with Crippen LogP contribution in [0.25, 0.3) is 0 Å². The Kier molecular flexibility index (Phi) is 48.1. The monoisotopic (exact) mass is 977 g/mol. The van der Waals surface area contributed by atoms with Crippen molar-refractivity contribution in [2.75, 3.05) is 93.9 Å². The maximum Gasteiger partial charge on any atom is 0.307 e. The lowest BCUT2D eigenvalue weighted by atomic mass is 9.92. The molecule has 0 aliphatic heterocycles. The second kappa shape index (κ2) is 50.2. The molecule has 2 N–H and O–H groups in total. The molecule has 0 saturated carbocycles. The van der Waals surface area contributed by atoms with E-state index in [1.165, 1.54) is 89.9 Å². The number of allylic oxidation sites excluding steroid dienone is 4. The topological polar surface area (TPSA) is 136 Å². The van der Waals surface area contributed by atoms with Crippen molar-refractivity contribution in [1.82, 2.24) is 20.4 Å². The zero-order valence-corrected chi connectivity index (χ0v) is 45.7. The highest BCUT2D eigenvalue weighted by Gasteiger charge is 2.38. The summed E-state index contributed by atoms with van der Waals surface area (Å²) >= 11 is 0. The van der Waals surface area contributed by atoms with Crippen LogP contribution in [0.5, 0.6) is 0 Å². The quantitative estimate of drug-likeness (QED) is 0.0260. The summed E-state index contributed by atoms with van der Waals surface area (Å²) in [5.41, 5.74) is -1.26. The number of carbonyl (C=O) groups excluding carboxylic acids is 4. The zero-order chi connectivity index (χ0) is 50.7. The van der Waals surface area contributed by atoms with E-state index in [0.717, 1.165) is 103 Å². The van der Waals surface area contributed by atoms with E-state index in [-0.39, 0.29) is 64.0 Å². The van der Waals surface area contributed by atoms with Crippen LogP contribution in [0.15, 0.2) is 24.3 Å². The zero-order valence-electron chi connectivity index (χ0n) is 45.7. The Bertz CT molecular complexity index is 1170. The van der Waals surface area contributed by atoms with Crippen molar-refractivity contribution < 1.29 is 38.1 Å². The molecule has 0 bridgehead atoms. The number of hydrogen-bond donors (Lipinski definition) is 2. The summed E-state index contributed by atoms with van der Waals surface area (Å²) in [7, 11) is 8.10. The van der Waals surface area contributed by atoms with Crippen molar-refractivity contribution in [3.05, 3.63) is 24.3 Å². The van der Waals surface area contributed by atoms with Gasteiger partial charge in [0.1, 0.15) is 31.8 Å². The molecule has 0 rings (SSSR count). The second-order valence-corrected chi connectivity index (χ2v) is 20.1. The molecular weight excluding hydrogens is 869 g/mol. The summed E-state index contributed by atoms with van der Waals surface area (Å²) in [6, 6.07) is 0. The lowest BCUT2D eigenvalue weighted by Crippen LogP contribution is -2.44. The molecule has 12 heteroatoms. The first-order valence-electron chi connectivity index (χ1n) is 28.2. The van der Waals surface area contributed by atoms with Crippen molar-refractivity contribution in [3.63, 3.8) is 0 Å². The maximum absolute atomic E-state index is 13.2. The van der Waals surface area contributed by atoms with Crippen LogP contribution in [-0.4, -0.2) is 128 Å². The van der Waals surface area contributed by atoms with Crippen LogP contribution in [0.3, 0.4) is 0 Å². The normalized spacial score (nSPS) is 11.9. The highest BCUT2D eigenvalue weighted by Crippen LogP contribution is 2.23. The van der Waals surface area contributed by atoms with Crippen molar-refractivity contribution >= 4 is 23.9 Å². The van der Waals surface area contributed by atoms with Crippen molar-refractivity contribution in [1.29, 1.82) is 0 Å². The Morgan fingerprint density at radius 3 is 0.942 bits per heavy atom. The molecule has 0 unspecified atom stereocenters. The van der Waals surface area contributed by atoms with Gasteiger partial charge in [0.05, 0.1) is 12.8 Å². The van der Waals surface area contributed by atoms with E-state index in [2.05, 4.69) is 58.6 Å². The molecule has 0 aliphatic carbocycles. The van der Waals surface area contributed by atoms with Crippen molar-refractivity contribution in [3.8, 4) is 0 Å². The second-order valence-electron chi connectivity index (χ2n) is 20.1.